The maximum atomic E-state index is 12.8. The zero-order valence-electron chi connectivity index (χ0n) is 14.2. The third kappa shape index (κ3) is 5.65. The van der Waals surface area contributed by atoms with Gasteiger partial charge >= 0.3 is 0 Å². The minimum Gasteiger partial charge on any atom is -0.326 e. The molecule has 0 fully saturated rings. The van der Waals surface area contributed by atoms with Gasteiger partial charge in [-0.1, -0.05) is 6.07 Å². The SMILES string of the molecule is Cc1ccc(S(=O)(=O)NCCCC(=O)Nc2ccc(F)cc2)cc1C. The summed E-state index contributed by atoms with van der Waals surface area (Å²) in [4.78, 5) is 12.0. The van der Waals surface area contributed by atoms with Gasteiger partial charge in [-0.05, 0) is 67.8 Å². The van der Waals surface area contributed by atoms with Crippen LogP contribution in [0, 0.1) is 19.7 Å². The molecule has 2 aromatic rings. The van der Waals surface area contributed by atoms with Gasteiger partial charge in [-0.15, -0.1) is 0 Å². The number of amides is 1. The van der Waals surface area contributed by atoms with E-state index in [0.717, 1.165) is 11.1 Å². The van der Waals surface area contributed by atoms with Gasteiger partial charge < -0.3 is 5.32 Å². The van der Waals surface area contributed by atoms with Crippen LogP contribution < -0.4 is 10.0 Å². The minimum absolute atomic E-state index is 0.159. The maximum absolute atomic E-state index is 12.8. The highest BCUT2D eigenvalue weighted by molar-refractivity contribution is 7.89. The first kappa shape index (κ1) is 19.1. The average Bonchev–Trinajstić information content (AvgIpc) is 2.56. The Hall–Kier alpha value is -2.25. The van der Waals surface area contributed by atoms with Gasteiger partial charge in [0.2, 0.25) is 15.9 Å². The molecule has 0 saturated carbocycles. The van der Waals surface area contributed by atoms with Gasteiger partial charge in [0.05, 0.1) is 4.90 Å². The molecule has 5 nitrogen and oxygen atoms in total. The number of sulfonamides is 1. The van der Waals surface area contributed by atoms with Crippen molar-refractivity contribution < 1.29 is 17.6 Å². The van der Waals surface area contributed by atoms with Crippen LogP contribution in [0.15, 0.2) is 47.4 Å². The number of hydrogen-bond acceptors (Lipinski definition) is 3. The number of rotatable bonds is 7. The fourth-order valence-corrected chi connectivity index (χ4v) is 3.34. The molecule has 2 rings (SSSR count). The van der Waals surface area contributed by atoms with E-state index in [4.69, 9.17) is 0 Å². The Balaban J connectivity index is 1.80. The summed E-state index contributed by atoms with van der Waals surface area (Å²) in [5.74, 6) is -0.629. The van der Waals surface area contributed by atoms with Gasteiger partial charge in [-0.2, -0.15) is 0 Å². The predicted molar refractivity (Wildman–Crippen MR) is 95.4 cm³/mol. The molecule has 0 atom stereocenters. The summed E-state index contributed by atoms with van der Waals surface area (Å²) in [6.07, 6.45) is 0.518. The van der Waals surface area contributed by atoms with Gasteiger partial charge in [0.15, 0.2) is 0 Å². The van der Waals surface area contributed by atoms with E-state index in [1.165, 1.54) is 24.3 Å². The number of halogens is 1. The predicted octanol–water partition coefficient (Wildman–Crippen LogP) is 3.14. The largest absolute Gasteiger partial charge is 0.326 e. The van der Waals surface area contributed by atoms with Crippen LogP contribution in [0.4, 0.5) is 10.1 Å². The number of benzene rings is 2. The molecule has 134 valence electrons. The lowest BCUT2D eigenvalue weighted by Crippen LogP contribution is -2.26. The molecule has 25 heavy (non-hydrogen) atoms. The van der Waals surface area contributed by atoms with Crippen molar-refractivity contribution in [2.75, 3.05) is 11.9 Å². The van der Waals surface area contributed by atoms with Gasteiger partial charge in [0, 0.05) is 18.7 Å². The van der Waals surface area contributed by atoms with Crippen molar-refractivity contribution >= 4 is 21.6 Å². The molecule has 0 aromatic heterocycles. The Morgan fingerprint density at radius 1 is 1.04 bits per heavy atom. The highest BCUT2D eigenvalue weighted by Gasteiger charge is 2.14. The number of nitrogens with one attached hydrogen (secondary N) is 2. The monoisotopic (exact) mass is 364 g/mol. The minimum atomic E-state index is -3.58. The van der Waals surface area contributed by atoms with E-state index in [1.54, 1.807) is 18.2 Å². The van der Waals surface area contributed by atoms with E-state index in [-0.39, 0.29) is 29.6 Å². The number of carbonyl (C=O) groups excluding carboxylic acids is 1. The first-order chi connectivity index (χ1) is 11.8. The van der Waals surface area contributed by atoms with E-state index >= 15 is 0 Å². The van der Waals surface area contributed by atoms with Crippen molar-refractivity contribution in [1.82, 2.24) is 4.72 Å². The molecular weight excluding hydrogens is 343 g/mol. The fraction of sp³-hybridized carbons (Fsp3) is 0.278. The van der Waals surface area contributed by atoms with E-state index < -0.39 is 10.0 Å². The lowest BCUT2D eigenvalue weighted by molar-refractivity contribution is -0.116. The topological polar surface area (TPSA) is 75.3 Å². The summed E-state index contributed by atoms with van der Waals surface area (Å²) in [6, 6.07) is 10.4. The third-order valence-electron chi connectivity index (χ3n) is 3.79. The standard InChI is InChI=1S/C18H21FN2O3S/c1-13-5-10-17(12-14(13)2)25(23,24)20-11-3-4-18(22)21-16-8-6-15(19)7-9-16/h5-10,12,20H,3-4,11H2,1-2H3,(H,21,22). The Labute approximate surface area is 147 Å². The van der Waals surface area contributed by atoms with E-state index in [2.05, 4.69) is 10.0 Å². The molecule has 0 bridgehead atoms. The normalized spacial score (nSPS) is 11.3. The molecule has 0 heterocycles. The summed E-state index contributed by atoms with van der Waals surface area (Å²) in [7, 11) is -3.58. The first-order valence-corrected chi connectivity index (χ1v) is 9.38. The van der Waals surface area contributed by atoms with Crippen LogP contribution in [0.3, 0.4) is 0 Å². The molecule has 0 aliphatic rings. The van der Waals surface area contributed by atoms with Crippen LogP contribution >= 0.6 is 0 Å². The second kappa shape index (κ2) is 8.22. The number of carbonyl (C=O) groups is 1. The highest BCUT2D eigenvalue weighted by atomic mass is 32.2. The Bertz CT molecular complexity index is 849. The number of anilines is 1. The van der Waals surface area contributed by atoms with Gasteiger partial charge in [0.25, 0.3) is 0 Å². The Morgan fingerprint density at radius 3 is 2.36 bits per heavy atom. The number of aryl methyl sites for hydroxylation is 2. The molecule has 0 aliphatic heterocycles. The van der Waals surface area contributed by atoms with Crippen LogP contribution in [0.2, 0.25) is 0 Å². The van der Waals surface area contributed by atoms with Crippen molar-refractivity contribution in [2.24, 2.45) is 0 Å². The van der Waals surface area contributed by atoms with E-state index in [1.807, 2.05) is 13.8 Å². The Kier molecular flexibility index (Phi) is 6.27. The third-order valence-corrected chi connectivity index (χ3v) is 5.25. The smallest absolute Gasteiger partial charge is 0.240 e. The van der Waals surface area contributed by atoms with Crippen molar-refractivity contribution in [1.29, 1.82) is 0 Å². The van der Waals surface area contributed by atoms with Crippen LogP contribution in [0.25, 0.3) is 0 Å². The average molecular weight is 364 g/mol. The zero-order valence-corrected chi connectivity index (χ0v) is 15.0. The molecular formula is C18H21FN2O3S. The lowest BCUT2D eigenvalue weighted by atomic mass is 10.1. The first-order valence-electron chi connectivity index (χ1n) is 7.90. The van der Waals surface area contributed by atoms with Crippen molar-refractivity contribution in [3.8, 4) is 0 Å². The Morgan fingerprint density at radius 2 is 1.72 bits per heavy atom. The molecule has 7 heteroatoms. The van der Waals surface area contributed by atoms with Gasteiger partial charge in [0.1, 0.15) is 5.82 Å². The lowest BCUT2D eigenvalue weighted by Gasteiger charge is -2.09. The summed E-state index contributed by atoms with van der Waals surface area (Å²) >= 11 is 0. The summed E-state index contributed by atoms with van der Waals surface area (Å²) in [5, 5.41) is 2.63. The van der Waals surface area contributed by atoms with Crippen LogP contribution in [-0.2, 0) is 14.8 Å². The molecule has 0 aliphatic carbocycles. The number of hydrogen-bond donors (Lipinski definition) is 2. The molecule has 0 spiro atoms. The molecule has 2 aromatic carbocycles. The summed E-state index contributed by atoms with van der Waals surface area (Å²) in [6.45, 7) is 3.93. The van der Waals surface area contributed by atoms with Crippen molar-refractivity contribution in [2.45, 2.75) is 31.6 Å². The van der Waals surface area contributed by atoms with Crippen molar-refractivity contribution in [3.63, 3.8) is 0 Å². The second-order valence-electron chi connectivity index (χ2n) is 5.80. The summed E-state index contributed by atoms with van der Waals surface area (Å²) in [5.41, 5.74) is 2.43. The fourth-order valence-electron chi connectivity index (χ4n) is 2.18. The van der Waals surface area contributed by atoms with E-state index in [9.17, 15) is 17.6 Å². The highest BCUT2D eigenvalue weighted by Crippen LogP contribution is 2.14. The van der Waals surface area contributed by atoms with Crippen molar-refractivity contribution in [3.05, 3.63) is 59.4 Å². The maximum Gasteiger partial charge on any atom is 0.240 e. The van der Waals surface area contributed by atoms with Gasteiger partial charge in [-0.3, -0.25) is 4.79 Å². The summed E-state index contributed by atoms with van der Waals surface area (Å²) < 4.78 is 39.7. The molecule has 2 N–H and O–H groups in total. The van der Waals surface area contributed by atoms with Crippen LogP contribution in [-0.4, -0.2) is 20.9 Å². The van der Waals surface area contributed by atoms with Crippen LogP contribution in [0.1, 0.15) is 24.0 Å². The zero-order chi connectivity index (χ0) is 18.4. The van der Waals surface area contributed by atoms with Crippen LogP contribution in [0.5, 0.6) is 0 Å². The van der Waals surface area contributed by atoms with Gasteiger partial charge in [-0.25, -0.2) is 17.5 Å². The molecule has 0 unspecified atom stereocenters. The molecule has 1 amide bonds. The molecule has 0 radical (unpaired) electrons. The molecule has 0 saturated heterocycles. The van der Waals surface area contributed by atoms with E-state index in [0.29, 0.717) is 12.1 Å². The quantitative estimate of drug-likeness (QED) is 0.741. The second-order valence-corrected chi connectivity index (χ2v) is 7.57.